The summed E-state index contributed by atoms with van der Waals surface area (Å²) in [6.07, 6.45) is 1.05. The van der Waals surface area contributed by atoms with Crippen LogP contribution >= 0.6 is 23.4 Å². The van der Waals surface area contributed by atoms with Crippen molar-refractivity contribution in [2.45, 2.75) is 0 Å². The molecule has 1 amide bonds. The van der Waals surface area contributed by atoms with Gasteiger partial charge in [0.1, 0.15) is 0 Å². The summed E-state index contributed by atoms with van der Waals surface area (Å²) in [5.41, 5.74) is 0. The second kappa shape index (κ2) is 4.64. The van der Waals surface area contributed by atoms with E-state index in [1.165, 1.54) is 18.9 Å². The molecule has 0 aliphatic carbocycles. The summed E-state index contributed by atoms with van der Waals surface area (Å²) in [5.74, 6) is 0. The molecule has 0 bridgehead atoms. The van der Waals surface area contributed by atoms with Crippen molar-refractivity contribution >= 4 is 34.0 Å². The van der Waals surface area contributed by atoms with Gasteiger partial charge < -0.3 is 4.74 Å². The summed E-state index contributed by atoms with van der Waals surface area (Å²) in [7, 11) is 1.25. The van der Waals surface area contributed by atoms with Crippen molar-refractivity contribution in [3.05, 3.63) is 0 Å². The fraction of sp³-hybridized carbons (Fsp3) is 0.500. The molecule has 0 spiro atoms. The average molecular weight is 168 g/mol. The molecular weight excluding hydrogens is 162 g/mol. The van der Waals surface area contributed by atoms with E-state index in [4.69, 9.17) is 11.6 Å². The molecule has 0 aromatic heterocycles. The zero-order valence-electron chi connectivity index (χ0n) is 5.05. The predicted molar refractivity (Wildman–Crippen MR) is 39.2 cm³/mol. The summed E-state index contributed by atoms with van der Waals surface area (Å²) in [6, 6.07) is 0. The number of carbonyl (C=O) groups excluding carboxylic acids is 1. The van der Waals surface area contributed by atoms with Crippen LogP contribution < -0.4 is 0 Å². The van der Waals surface area contributed by atoms with Crippen LogP contribution in [-0.2, 0) is 4.74 Å². The van der Waals surface area contributed by atoms with E-state index in [1.54, 1.807) is 6.26 Å². The van der Waals surface area contributed by atoms with Crippen molar-refractivity contribution in [2.24, 2.45) is 4.99 Å². The lowest BCUT2D eigenvalue weighted by atomic mass is 11.2. The number of carbonyl (C=O) groups is 1. The standard InChI is InChI=1S/C4H6ClNO2S/c1-8-4(7)6-3(5)9-2/h1-2H3/b6-3+. The molecule has 3 nitrogen and oxygen atoms in total. The zero-order valence-corrected chi connectivity index (χ0v) is 6.62. The van der Waals surface area contributed by atoms with E-state index in [2.05, 4.69) is 9.73 Å². The van der Waals surface area contributed by atoms with Crippen LogP contribution in [0.5, 0.6) is 0 Å². The first kappa shape index (κ1) is 8.78. The number of halogens is 1. The number of hydrogen-bond donors (Lipinski definition) is 0. The molecule has 0 rings (SSSR count). The number of thioether (sulfide) groups is 1. The SMILES string of the molecule is COC(=O)/N=C(\Cl)SC. The molecule has 52 valence electrons. The van der Waals surface area contributed by atoms with E-state index in [9.17, 15) is 4.79 Å². The lowest BCUT2D eigenvalue weighted by Gasteiger charge is -1.89. The van der Waals surface area contributed by atoms with Gasteiger partial charge in [-0.2, -0.15) is 4.99 Å². The largest absolute Gasteiger partial charge is 0.451 e. The summed E-state index contributed by atoms with van der Waals surface area (Å²) in [5, 5.41) is 0. The molecule has 0 aliphatic heterocycles. The van der Waals surface area contributed by atoms with Crippen LogP contribution in [0.3, 0.4) is 0 Å². The molecular formula is C4H6ClNO2S. The first-order chi connectivity index (χ1) is 4.20. The molecule has 0 radical (unpaired) electrons. The first-order valence-corrected chi connectivity index (χ1v) is 3.67. The molecule has 0 fully saturated rings. The van der Waals surface area contributed by atoms with E-state index in [0.717, 1.165) is 0 Å². The van der Waals surface area contributed by atoms with Crippen LogP contribution in [0.25, 0.3) is 0 Å². The fourth-order valence-corrected chi connectivity index (χ4v) is 0.398. The average Bonchev–Trinajstić information content (AvgIpc) is 1.87. The Balaban J connectivity index is 3.79. The minimum absolute atomic E-state index is 0.182. The van der Waals surface area contributed by atoms with Gasteiger partial charge >= 0.3 is 6.09 Å². The molecule has 0 atom stereocenters. The smallest absolute Gasteiger partial charge is 0.435 e. The Morgan fingerprint density at radius 2 is 2.33 bits per heavy atom. The van der Waals surface area contributed by atoms with Gasteiger partial charge in [0, 0.05) is 0 Å². The molecule has 0 N–H and O–H groups in total. The van der Waals surface area contributed by atoms with Gasteiger partial charge in [-0.25, -0.2) is 4.79 Å². The maximum atomic E-state index is 10.3. The second-order valence-electron chi connectivity index (χ2n) is 1.04. The highest BCUT2D eigenvalue weighted by atomic mass is 35.5. The van der Waals surface area contributed by atoms with Crippen LogP contribution in [0.1, 0.15) is 0 Å². The second-order valence-corrected chi connectivity index (χ2v) is 2.42. The molecule has 0 unspecified atom stereocenters. The van der Waals surface area contributed by atoms with Gasteiger partial charge in [-0.05, 0) is 6.26 Å². The Kier molecular flexibility index (Phi) is 4.53. The van der Waals surface area contributed by atoms with E-state index in [-0.39, 0.29) is 4.50 Å². The van der Waals surface area contributed by atoms with Crippen molar-refractivity contribution in [3.8, 4) is 0 Å². The van der Waals surface area contributed by atoms with Crippen LogP contribution in [-0.4, -0.2) is 24.0 Å². The summed E-state index contributed by atoms with van der Waals surface area (Å²) >= 11 is 6.53. The van der Waals surface area contributed by atoms with E-state index < -0.39 is 6.09 Å². The number of amides is 1. The Morgan fingerprint density at radius 3 is 2.67 bits per heavy atom. The van der Waals surface area contributed by atoms with Crippen LogP contribution in [0.4, 0.5) is 4.79 Å². The molecule has 0 saturated heterocycles. The van der Waals surface area contributed by atoms with Crippen LogP contribution in [0, 0.1) is 0 Å². The molecule has 5 heteroatoms. The molecule has 0 aromatic rings. The third kappa shape index (κ3) is 4.29. The quantitative estimate of drug-likeness (QED) is 0.407. The van der Waals surface area contributed by atoms with Crippen molar-refractivity contribution < 1.29 is 9.53 Å². The number of ether oxygens (including phenoxy) is 1. The van der Waals surface area contributed by atoms with Crippen molar-refractivity contribution in [1.82, 2.24) is 0 Å². The Labute approximate surface area is 62.4 Å². The van der Waals surface area contributed by atoms with Gasteiger partial charge in [-0.1, -0.05) is 23.4 Å². The number of aliphatic imine (C=N–C) groups is 1. The number of methoxy groups -OCH3 is 1. The van der Waals surface area contributed by atoms with Crippen LogP contribution in [0.2, 0.25) is 0 Å². The van der Waals surface area contributed by atoms with E-state index in [0.29, 0.717) is 0 Å². The van der Waals surface area contributed by atoms with Crippen LogP contribution in [0.15, 0.2) is 4.99 Å². The Bertz CT molecular complexity index is 137. The topological polar surface area (TPSA) is 38.7 Å². The molecule has 0 saturated carbocycles. The van der Waals surface area contributed by atoms with E-state index in [1.807, 2.05) is 0 Å². The molecule has 0 aromatic carbocycles. The molecule has 0 aliphatic rings. The lowest BCUT2D eigenvalue weighted by molar-refractivity contribution is 0.183. The number of nitrogens with zero attached hydrogens (tertiary/aromatic N) is 1. The predicted octanol–water partition coefficient (Wildman–Crippen LogP) is 1.71. The van der Waals surface area contributed by atoms with Crippen molar-refractivity contribution in [1.29, 1.82) is 0 Å². The van der Waals surface area contributed by atoms with Gasteiger partial charge in [-0.3, -0.25) is 0 Å². The van der Waals surface area contributed by atoms with Gasteiger partial charge in [0.15, 0.2) is 4.50 Å². The number of hydrogen-bond acceptors (Lipinski definition) is 3. The summed E-state index contributed by atoms with van der Waals surface area (Å²) < 4.78 is 4.38. The van der Waals surface area contributed by atoms with Gasteiger partial charge in [0.2, 0.25) is 0 Å². The third-order valence-corrected chi connectivity index (χ3v) is 1.50. The first-order valence-electron chi connectivity index (χ1n) is 2.07. The summed E-state index contributed by atoms with van der Waals surface area (Å²) in [4.78, 5) is 13.6. The van der Waals surface area contributed by atoms with E-state index >= 15 is 0 Å². The summed E-state index contributed by atoms with van der Waals surface area (Å²) in [6.45, 7) is 0. The highest BCUT2D eigenvalue weighted by Gasteiger charge is 1.96. The molecule has 9 heavy (non-hydrogen) atoms. The van der Waals surface area contributed by atoms with Gasteiger partial charge in [0.25, 0.3) is 0 Å². The maximum Gasteiger partial charge on any atom is 0.435 e. The molecule has 0 heterocycles. The van der Waals surface area contributed by atoms with Crippen molar-refractivity contribution in [2.75, 3.05) is 13.4 Å². The van der Waals surface area contributed by atoms with Crippen molar-refractivity contribution in [3.63, 3.8) is 0 Å². The minimum Gasteiger partial charge on any atom is -0.451 e. The zero-order chi connectivity index (χ0) is 7.28. The Hall–Kier alpha value is -0.220. The Morgan fingerprint density at radius 1 is 1.78 bits per heavy atom. The third-order valence-electron chi connectivity index (χ3n) is 0.522. The normalized spacial score (nSPS) is 11.2. The maximum absolute atomic E-state index is 10.3. The number of rotatable bonds is 0. The highest BCUT2D eigenvalue weighted by Crippen LogP contribution is 2.02. The highest BCUT2D eigenvalue weighted by molar-refractivity contribution is 8.16. The van der Waals surface area contributed by atoms with Gasteiger partial charge in [-0.15, -0.1) is 0 Å². The fourth-order valence-electron chi connectivity index (χ4n) is 0.163. The minimum atomic E-state index is -0.672. The monoisotopic (exact) mass is 167 g/mol. The van der Waals surface area contributed by atoms with Gasteiger partial charge in [0.05, 0.1) is 7.11 Å². The lowest BCUT2D eigenvalue weighted by Crippen LogP contribution is -1.94.